The maximum absolute atomic E-state index is 13.2. The van der Waals surface area contributed by atoms with Crippen LogP contribution in [0.1, 0.15) is 44.9 Å². The van der Waals surface area contributed by atoms with Gasteiger partial charge in [0, 0.05) is 39.1 Å². The minimum Gasteiger partial charge on any atom is -0.352 e. The minimum atomic E-state index is -0.0676. The van der Waals surface area contributed by atoms with Gasteiger partial charge < -0.3 is 14.4 Å². The standard InChI is InChI=1S/C21H28N4O2/c26-19(23-12-5-1-6-13-23)11-16-25-18-10-4-3-9-17(18)22-20(21(25)27)24-14-7-2-8-15-24/h3-4,9-10H,1-2,5-8,11-16H2. The highest BCUT2D eigenvalue weighted by atomic mass is 16.2. The number of carbonyl (C=O) groups is 1. The van der Waals surface area contributed by atoms with Crippen molar-refractivity contribution in [3.63, 3.8) is 0 Å². The first-order valence-electron chi connectivity index (χ1n) is 10.3. The van der Waals surface area contributed by atoms with E-state index < -0.39 is 0 Å². The van der Waals surface area contributed by atoms with Crippen LogP contribution in [0.25, 0.3) is 11.0 Å². The van der Waals surface area contributed by atoms with Gasteiger partial charge in [0.05, 0.1) is 11.0 Å². The number of hydrogen-bond acceptors (Lipinski definition) is 4. The van der Waals surface area contributed by atoms with E-state index in [1.54, 1.807) is 4.57 Å². The van der Waals surface area contributed by atoms with Gasteiger partial charge in [-0.3, -0.25) is 9.59 Å². The molecule has 3 heterocycles. The molecular weight excluding hydrogens is 340 g/mol. The summed E-state index contributed by atoms with van der Waals surface area (Å²) in [7, 11) is 0. The molecule has 0 radical (unpaired) electrons. The molecule has 0 spiro atoms. The van der Waals surface area contributed by atoms with Crippen molar-refractivity contribution in [2.24, 2.45) is 0 Å². The third-order valence-corrected chi connectivity index (χ3v) is 5.75. The monoisotopic (exact) mass is 368 g/mol. The fraction of sp³-hybridized carbons (Fsp3) is 0.571. The van der Waals surface area contributed by atoms with E-state index in [4.69, 9.17) is 0 Å². The normalized spacial score (nSPS) is 18.1. The summed E-state index contributed by atoms with van der Waals surface area (Å²) in [4.78, 5) is 34.5. The molecule has 2 aliphatic rings. The van der Waals surface area contributed by atoms with Gasteiger partial charge in [-0.1, -0.05) is 12.1 Å². The third-order valence-electron chi connectivity index (χ3n) is 5.75. The number of fused-ring (bicyclic) bond motifs is 1. The summed E-state index contributed by atoms with van der Waals surface area (Å²) < 4.78 is 1.76. The second-order valence-electron chi connectivity index (χ2n) is 7.62. The molecule has 2 aliphatic heterocycles. The number of aromatic nitrogens is 2. The Morgan fingerprint density at radius 1 is 0.926 bits per heavy atom. The highest BCUT2D eigenvalue weighted by Gasteiger charge is 2.21. The predicted molar refractivity (Wildman–Crippen MR) is 107 cm³/mol. The molecule has 144 valence electrons. The van der Waals surface area contributed by atoms with Gasteiger partial charge in [0.25, 0.3) is 5.56 Å². The van der Waals surface area contributed by atoms with Crippen molar-refractivity contribution in [2.75, 3.05) is 31.1 Å². The molecule has 1 aromatic heterocycles. The van der Waals surface area contributed by atoms with Gasteiger partial charge in [0.2, 0.25) is 5.91 Å². The van der Waals surface area contributed by atoms with Gasteiger partial charge in [-0.15, -0.1) is 0 Å². The average molecular weight is 368 g/mol. The van der Waals surface area contributed by atoms with Crippen LogP contribution in [0.15, 0.2) is 29.1 Å². The fourth-order valence-corrected chi connectivity index (χ4v) is 4.22. The van der Waals surface area contributed by atoms with E-state index >= 15 is 0 Å². The van der Waals surface area contributed by atoms with Crippen LogP contribution in [0.4, 0.5) is 5.82 Å². The number of carbonyl (C=O) groups excluding carboxylic acids is 1. The Labute approximate surface area is 159 Å². The number of nitrogens with zero attached hydrogens (tertiary/aromatic N) is 4. The molecule has 2 saturated heterocycles. The van der Waals surface area contributed by atoms with Crippen LogP contribution in [0.2, 0.25) is 0 Å². The lowest BCUT2D eigenvalue weighted by Gasteiger charge is -2.28. The molecule has 0 unspecified atom stereocenters. The van der Waals surface area contributed by atoms with Crippen molar-refractivity contribution in [3.8, 4) is 0 Å². The van der Waals surface area contributed by atoms with E-state index in [1.807, 2.05) is 29.2 Å². The molecule has 27 heavy (non-hydrogen) atoms. The number of para-hydroxylation sites is 2. The van der Waals surface area contributed by atoms with Crippen molar-refractivity contribution in [3.05, 3.63) is 34.6 Å². The quantitative estimate of drug-likeness (QED) is 0.833. The molecule has 6 nitrogen and oxygen atoms in total. The molecule has 0 bridgehead atoms. The van der Waals surface area contributed by atoms with E-state index in [2.05, 4.69) is 9.88 Å². The van der Waals surface area contributed by atoms with Crippen molar-refractivity contribution in [2.45, 2.75) is 51.5 Å². The first kappa shape index (κ1) is 18.0. The van der Waals surface area contributed by atoms with Gasteiger partial charge in [-0.25, -0.2) is 4.98 Å². The summed E-state index contributed by atoms with van der Waals surface area (Å²) >= 11 is 0. The topological polar surface area (TPSA) is 58.4 Å². The van der Waals surface area contributed by atoms with Crippen LogP contribution >= 0.6 is 0 Å². The molecule has 4 rings (SSSR count). The molecule has 1 aromatic carbocycles. The van der Waals surface area contributed by atoms with E-state index in [9.17, 15) is 9.59 Å². The van der Waals surface area contributed by atoms with Crippen molar-refractivity contribution >= 4 is 22.8 Å². The van der Waals surface area contributed by atoms with Crippen LogP contribution in [-0.4, -0.2) is 46.5 Å². The van der Waals surface area contributed by atoms with Gasteiger partial charge in [-0.2, -0.15) is 0 Å². The molecule has 2 fully saturated rings. The average Bonchev–Trinajstić information content (AvgIpc) is 2.74. The van der Waals surface area contributed by atoms with Crippen LogP contribution < -0.4 is 10.5 Å². The number of piperidine rings is 2. The van der Waals surface area contributed by atoms with Gasteiger partial charge in [-0.05, 0) is 50.7 Å². The number of amides is 1. The molecule has 1 amide bonds. The summed E-state index contributed by atoms with van der Waals surface area (Å²) in [6.45, 7) is 3.88. The summed E-state index contributed by atoms with van der Waals surface area (Å²) in [6, 6.07) is 7.75. The first-order valence-corrected chi connectivity index (χ1v) is 10.3. The number of anilines is 1. The smallest absolute Gasteiger partial charge is 0.294 e. The lowest BCUT2D eigenvalue weighted by Crippen LogP contribution is -2.39. The van der Waals surface area contributed by atoms with Crippen LogP contribution in [0.5, 0.6) is 0 Å². The summed E-state index contributed by atoms with van der Waals surface area (Å²) in [5.74, 6) is 0.695. The molecule has 6 heteroatoms. The molecule has 0 atom stereocenters. The van der Waals surface area contributed by atoms with Gasteiger partial charge in [0.1, 0.15) is 0 Å². The number of likely N-dealkylation sites (tertiary alicyclic amines) is 1. The number of rotatable bonds is 4. The fourth-order valence-electron chi connectivity index (χ4n) is 4.22. The zero-order valence-electron chi connectivity index (χ0n) is 15.9. The second-order valence-corrected chi connectivity index (χ2v) is 7.62. The van der Waals surface area contributed by atoms with Crippen molar-refractivity contribution < 1.29 is 4.79 Å². The SMILES string of the molecule is O=C(CCn1c(=O)c(N2CCCCC2)nc2ccccc21)N1CCCCC1. The molecule has 0 N–H and O–H groups in total. The Morgan fingerprint density at radius 3 is 2.33 bits per heavy atom. The van der Waals surface area contributed by atoms with Crippen LogP contribution in [0.3, 0.4) is 0 Å². The van der Waals surface area contributed by atoms with Gasteiger partial charge in [0.15, 0.2) is 5.82 Å². The minimum absolute atomic E-state index is 0.0676. The maximum atomic E-state index is 13.2. The van der Waals surface area contributed by atoms with Crippen molar-refractivity contribution in [1.29, 1.82) is 0 Å². The van der Waals surface area contributed by atoms with E-state index in [-0.39, 0.29) is 11.5 Å². The Morgan fingerprint density at radius 2 is 1.59 bits per heavy atom. The van der Waals surface area contributed by atoms with Crippen LogP contribution in [-0.2, 0) is 11.3 Å². The molecular formula is C21H28N4O2. The molecule has 0 aliphatic carbocycles. The number of hydrogen-bond donors (Lipinski definition) is 0. The lowest BCUT2D eigenvalue weighted by molar-refractivity contribution is -0.132. The van der Waals surface area contributed by atoms with Gasteiger partial charge >= 0.3 is 0 Å². The zero-order chi connectivity index (χ0) is 18.6. The number of aryl methyl sites for hydroxylation is 1. The predicted octanol–water partition coefficient (Wildman–Crippen LogP) is 2.79. The Bertz CT molecular complexity index is 864. The highest BCUT2D eigenvalue weighted by Crippen LogP contribution is 2.19. The summed E-state index contributed by atoms with van der Waals surface area (Å²) in [6.07, 6.45) is 7.15. The Hall–Kier alpha value is -2.37. The zero-order valence-corrected chi connectivity index (χ0v) is 15.9. The molecule has 2 aromatic rings. The lowest BCUT2D eigenvalue weighted by atomic mass is 10.1. The third kappa shape index (κ3) is 3.84. The van der Waals surface area contributed by atoms with Crippen LogP contribution in [0, 0.1) is 0 Å². The number of benzene rings is 1. The molecule has 0 saturated carbocycles. The van der Waals surface area contributed by atoms with E-state index in [0.29, 0.717) is 18.8 Å². The first-order chi connectivity index (χ1) is 13.2. The second kappa shape index (κ2) is 8.11. The maximum Gasteiger partial charge on any atom is 0.294 e. The van der Waals surface area contributed by atoms with E-state index in [0.717, 1.165) is 62.9 Å². The summed E-state index contributed by atoms with van der Waals surface area (Å²) in [5.41, 5.74) is 1.57. The Kier molecular flexibility index (Phi) is 5.41. The largest absolute Gasteiger partial charge is 0.352 e. The van der Waals surface area contributed by atoms with E-state index in [1.165, 1.54) is 12.8 Å². The Balaban J connectivity index is 1.62. The highest BCUT2D eigenvalue weighted by molar-refractivity contribution is 5.78. The van der Waals surface area contributed by atoms with Crippen molar-refractivity contribution in [1.82, 2.24) is 14.5 Å². The summed E-state index contributed by atoms with van der Waals surface area (Å²) in [5, 5.41) is 0.